The number of nitriles is 1. The maximum atomic E-state index is 15.7. The molecule has 35 heavy (non-hydrogen) atoms. The molecule has 3 aromatic rings. The van der Waals surface area contributed by atoms with Gasteiger partial charge in [-0.2, -0.15) is 5.26 Å². The molecule has 1 atom stereocenters. The van der Waals surface area contributed by atoms with Crippen molar-refractivity contribution in [2.24, 2.45) is 0 Å². The first-order chi connectivity index (χ1) is 17.1. The molecule has 0 aliphatic carbocycles. The van der Waals surface area contributed by atoms with Crippen LogP contribution in [0.15, 0.2) is 30.5 Å². The summed E-state index contributed by atoms with van der Waals surface area (Å²) < 4.78 is 36.2. The average Bonchev–Trinajstić information content (AvgIpc) is 3.32. The van der Waals surface area contributed by atoms with E-state index in [1.54, 1.807) is 30.5 Å². The van der Waals surface area contributed by atoms with Gasteiger partial charge in [-0.1, -0.05) is 13.0 Å². The molecule has 1 aliphatic heterocycles. The highest BCUT2D eigenvalue weighted by atomic mass is 32.2. The Morgan fingerprint density at radius 2 is 2.11 bits per heavy atom. The van der Waals surface area contributed by atoms with Crippen molar-refractivity contribution in [3.05, 3.63) is 41.3 Å². The highest BCUT2D eigenvalue weighted by Gasteiger charge is 2.26. The summed E-state index contributed by atoms with van der Waals surface area (Å²) in [7, 11) is -1.37. The first-order valence-corrected chi connectivity index (χ1v) is 13.7. The van der Waals surface area contributed by atoms with Crippen molar-refractivity contribution in [3.63, 3.8) is 0 Å². The van der Waals surface area contributed by atoms with Crippen molar-refractivity contribution in [2.45, 2.75) is 38.5 Å². The molecule has 184 valence electrons. The van der Waals surface area contributed by atoms with E-state index in [2.05, 4.69) is 26.1 Å². The largest absolute Gasteiger partial charge is 0.381 e. The van der Waals surface area contributed by atoms with Gasteiger partial charge in [-0.25, -0.2) is 23.6 Å². The van der Waals surface area contributed by atoms with Crippen LogP contribution in [-0.4, -0.2) is 44.7 Å². The van der Waals surface area contributed by atoms with Crippen LogP contribution in [0.4, 0.5) is 16.0 Å². The van der Waals surface area contributed by atoms with Gasteiger partial charge in [0.05, 0.1) is 39.5 Å². The lowest BCUT2D eigenvalue weighted by Crippen LogP contribution is -2.13. The predicted molar refractivity (Wildman–Crippen MR) is 137 cm³/mol. The SMILES string of the molecule is CCCS(=O)Nc1cccc(-c2nc(C3CCOCC3)sc2-c2ccnc(NCCC#N)n2)c1F. The molecule has 1 unspecified atom stereocenters. The van der Waals surface area contributed by atoms with Crippen molar-refractivity contribution in [2.75, 3.05) is 35.6 Å². The molecule has 2 N–H and O–H groups in total. The summed E-state index contributed by atoms with van der Waals surface area (Å²) in [6, 6.07) is 8.85. The van der Waals surface area contributed by atoms with E-state index in [9.17, 15) is 4.21 Å². The van der Waals surface area contributed by atoms with Crippen LogP contribution in [-0.2, 0) is 15.7 Å². The third-order valence-electron chi connectivity index (χ3n) is 5.49. The number of rotatable bonds is 10. The molecule has 1 saturated heterocycles. The molecular weight excluding hydrogens is 487 g/mol. The number of hydrogen-bond donors (Lipinski definition) is 2. The van der Waals surface area contributed by atoms with Crippen LogP contribution in [0.5, 0.6) is 0 Å². The zero-order valence-corrected chi connectivity index (χ0v) is 21.1. The molecule has 0 saturated carbocycles. The highest BCUT2D eigenvalue weighted by molar-refractivity contribution is 7.86. The van der Waals surface area contributed by atoms with Gasteiger partial charge in [-0.3, -0.25) is 0 Å². The number of anilines is 2. The smallest absolute Gasteiger partial charge is 0.223 e. The quantitative estimate of drug-likeness (QED) is 0.361. The predicted octanol–water partition coefficient (Wildman–Crippen LogP) is 5.11. The van der Waals surface area contributed by atoms with Gasteiger partial charge in [0.25, 0.3) is 0 Å². The molecule has 0 bridgehead atoms. The average molecular weight is 515 g/mol. The van der Waals surface area contributed by atoms with Gasteiger partial charge in [0.15, 0.2) is 5.82 Å². The molecule has 1 aromatic carbocycles. The number of nitrogens with zero attached hydrogens (tertiary/aromatic N) is 4. The minimum Gasteiger partial charge on any atom is -0.381 e. The number of benzene rings is 1. The Labute approximate surface area is 210 Å². The molecule has 0 spiro atoms. The molecule has 4 rings (SSSR count). The topological polar surface area (TPSA) is 113 Å². The van der Waals surface area contributed by atoms with E-state index in [-0.39, 0.29) is 11.6 Å². The second-order valence-electron chi connectivity index (χ2n) is 8.04. The maximum Gasteiger partial charge on any atom is 0.223 e. The molecular formula is C24H27FN6O2S2. The van der Waals surface area contributed by atoms with Crippen LogP contribution >= 0.6 is 11.3 Å². The zero-order chi connectivity index (χ0) is 24.6. The minimum absolute atomic E-state index is 0.183. The Hall–Kier alpha value is -2.94. The summed E-state index contributed by atoms with van der Waals surface area (Å²) in [5.74, 6) is 0.568. The first kappa shape index (κ1) is 25.2. The van der Waals surface area contributed by atoms with Gasteiger partial charge in [0.1, 0.15) is 11.0 Å². The monoisotopic (exact) mass is 514 g/mol. The van der Waals surface area contributed by atoms with Crippen LogP contribution in [0, 0.1) is 17.1 Å². The van der Waals surface area contributed by atoms with Gasteiger partial charge < -0.3 is 14.8 Å². The van der Waals surface area contributed by atoms with E-state index in [0.29, 0.717) is 54.8 Å². The summed E-state index contributed by atoms with van der Waals surface area (Å²) in [6.07, 6.45) is 4.41. The summed E-state index contributed by atoms with van der Waals surface area (Å²) in [4.78, 5) is 14.5. The van der Waals surface area contributed by atoms with E-state index in [1.807, 2.05) is 6.92 Å². The number of nitrogens with one attached hydrogen (secondary N) is 2. The van der Waals surface area contributed by atoms with Crippen LogP contribution in [0.25, 0.3) is 21.8 Å². The molecule has 0 radical (unpaired) electrons. The molecule has 1 aliphatic rings. The number of aromatic nitrogens is 3. The number of thiazole rings is 1. The molecule has 1 fully saturated rings. The van der Waals surface area contributed by atoms with Crippen molar-refractivity contribution in [1.29, 1.82) is 5.26 Å². The van der Waals surface area contributed by atoms with E-state index >= 15 is 4.39 Å². The van der Waals surface area contributed by atoms with Gasteiger partial charge >= 0.3 is 0 Å². The summed E-state index contributed by atoms with van der Waals surface area (Å²) in [5.41, 5.74) is 1.63. The fourth-order valence-corrected chi connectivity index (χ4v) is 5.86. The van der Waals surface area contributed by atoms with Crippen molar-refractivity contribution in [1.82, 2.24) is 15.0 Å². The van der Waals surface area contributed by atoms with Gasteiger partial charge in [0.2, 0.25) is 5.95 Å². The molecule has 11 heteroatoms. The van der Waals surface area contributed by atoms with Crippen LogP contribution < -0.4 is 10.0 Å². The van der Waals surface area contributed by atoms with Crippen LogP contribution in [0.1, 0.15) is 43.5 Å². The van der Waals surface area contributed by atoms with Gasteiger partial charge in [-0.15, -0.1) is 11.3 Å². The summed E-state index contributed by atoms with van der Waals surface area (Å²) in [5, 5.41) is 12.8. The van der Waals surface area contributed by atoms with Crippen LogP contribution in [0.2, 0.25) is 0 Å². The Kier molecular flexibility index (Phi) is 8.74. The number of halogens is 1. The molecule has 2 aromatic heterocycles. The summed E-state index contributed by atoms with van der Waals surface area (Å²) >= 11 is 1.50. The fraction of sp³-hybridized carbons (Fsp3) is 0.417. The van der Waals surface area contributed by atoms with Crippen molar-refractivity contribution < 1.29 is 13.3 Å². The second kappa shape index (κ2) is 12.2. The Morgan fingerprint density at radius 3 is 2.89 bits per heavy atom. The molecule has 0 amide bonds. The first-order valence-electron chi connectivity index (χ1n) is 11.6. The second-order valence-corrected chi connectivity index (χ2v) is 10.4. The fourth-order valence-electron chi connectivity index (χ4n) is 3.77. The number of hydrogen-bond acceptors (Lipinski definition) is 8. The van der Waals surface area contributed by atoms with Gasteiger partial charge in [0, 0.05) is 43.2 Å². The zero-order valence-electron chi connectivity index (χ0n) is 19.4. The van der Waals surface area contributed by atoms with E-state index in [1.165, 1.54) is 11.3 Å². The third-order valence-corrected chi connectivity index (χ3v) is 7.96. The number of ether oxygens (including phenoxy) is 1. The van der Waals surface area contributed by atoms with E-state index in [4.69, 9.17) is 15.0 Å². The lowest BCUT2D eigenvalue weighted by Gasteiger charge is -2.19. The normalized spacial score (nSPS) is 14.9. The maximum absolute atomic E-state index is 15.7. The van der Waals surface area contributed by atoms with E-state index < -0.39 is 16.8 Å². The Morgan fingerprint density at radius 1 is 1.29 bits per heavy atom. The van der Waals surface area contributed by atoms with Crippen molar-refractivity contribution in [3.8, 4) is 27.9 Å². The highest BCUT2D eigenvalue weighted by Crippen LogP contribution is 2.42. The third kappa shape index (κ3) is 6.20. The lowest BCUT2D eigenvalue weighted by molar-refractivity contribution is 0.0853. The molecule has 3 heterocycles. The van der Waals surface area contributed by atoms with Crippen LogP contribution in [0.3, 0.4) is 0 Å². The van der Waals surface area contributed by atoms with E-state index in [0.717, 1.165) is 29.1 Å². The van der Waals surface area contributed by atoms with Gasteiger partial charge in [-0.05, 0) is 37.5 Å². The Balaban J connectivity index is 1.76. The standard InChI is InChI=1S/C24H27FN6O2S2/c1-2-15-35(32)31-18-6-3-5-17(20(18)25)21-22(34-23(30-21)16-8-13-33-14-9-16)19-7-12-28-24(29-19)27-11-4-10-26/h3,5-7,12,16,31H,2,4,8-9,11,13-15H2,1H3,(H,27,28,29). The van der Waals surface area contributed by atoms with Crippen molar-refractivity contribution >= 4 is 34.0 Å². The molecule has 8 nitrogen and oxygen atoms in total. The Bertz CT molecular complexity index is 1220. The minimum atomic E-state index is -1.37. The lowest BCUT2D eigenvalue weighted by atomic mass is 10.0. The summed E-state index contributed by atoms with van der Waals surface area (Å²) in [6.45, 7) is 3.70.